The number of sulfonamides is 1. The molecule has 0 unspecified atom stereocenters. The molecule has 0 fully saturated rings. The van der Waals surface area contributed by atoms with Crippen LogP contribution < -0.4 is 15.2 Å². The number of nitriles is 1. The average molecular weight is 478 g/mol. The minimum atomic E-state index is -3.98. The van der Waals surface area contributed by atoms with E-state index in [1.807, 2.05) is 6.07 Å². The van der Waals surface area contributed by atoms with Crippen LogP contribution in [-0.2, 0) is 14.8 Å². The third-order valence-corrected chi connectivity index (χ3v) is 6.23. The number of amides is 1. The molecule has 11 nitrogen and oxygen atoms in total. The Morgan fingerprint density at radius 2 is 1.97 bits per heavy atom. The fourth-order valence-electron chi connectivity index (χ4n) is 3.14. The SMILES string of the molecule is Cc1ccc(C#N)c(S(=O)(=O)Nc2ccc(-c3nc(OCCC(N)=O)c4cn[nH]c4n3)cc2)c1. The normalized spacial score (nSPS) is 11.2. The van der Waals surface area contributed by atoms with E-state index in [2.05, 4.69) is 24.9 Å². The molecule has 12 heteroatoms. The van der Waals surface area contributed by atoms with Crippen LogP contribution >= 0.6 is 0 Å². The Hall–Kier alpha value is -4.50. The number of nitrogens with two attached hydrogens (primary N) is 1. The molecule has 0 radical (unpaired) electrons. The number of ether oxygens (including phenoxy) is 1. The second-order valence-electron chi connectivity index (χ2n) is 7.34. The van der Waals surface area contributed by atoms with Crippen molar-refractivity contribution in [3.8, 4) is 23.3 Å². The van der Waals surface area contributed by atoms with E-state index < -0.39 is 15.9 Å². The van der Waals surface area contributed by atoms with Crippen LogP contribution in [0.4, 0.5) is 5.69 Å². The van der Waals surface area contributed by atoms with Gasteiger partial charge in [0, 0.05) is 11.3 Å². The lowest BCUT2D eigenvalue weighted by atomic mass is 10.2. The minimum Gasteiger partial charge on any atom is -0.477 e. The van der Waals surface area contributed by atoms with Gasteiger partial charge in [-0.3, -0.25) is 14.6 Å². The number of hydrogen-bond acceptors (Lipinski definition) is 8. The Bertz CT molecular complexity index is 1520. The number of aromatic amines is 1. The van der Waals surface area contributed by atoms with Crippen LogP contribution in [0.5, 0.6) is 5.88 Å². The van der Waals surface area contributed by atoms with Gasteiger partial charge in [-0.05, 0) is 48.9 Å². The summed E-state index contributed by atoms with van der Waals surface area (Å²) in [5.74, 6) is 0.0530. The van der Waals surface area contributed by atoms with Gasteiger partial charge >= 0.3 is 0 Å². The van der Waals surface area contributed by atoms with Gasteiger partial charge in [0.25, 0.3) is 10.0 Å². The first kappa shape index (κ1) is 22.7. The van der Waals surface area contributed by atoms with Crippen molar-refractivity contribution in [1.29, 1.82) is 5.26 Å². The maximum absolute atomic E-state index is 12.9. The molecule has 0 aliphatic rings. The number of anilines is 1. The highest BCUT2D eigenvalue weighted by Gasteiger charge is 2.19. The maximum atomic E-state index is 12.9. The summed E-state index contributed by atoms with van der Waals surface area (Å²) >= 11 is 0. The topological polar surface area (TPSA) is 177 Å². The number of nitrogens with zero attached hydrogens (tertiary/aromatic N) is 4. The van der Waals surface area contributed by atoms with E-state index in [0.717, 1.165) is 5.56 Å². The van der Waals surface area contributed by atoms with Crippen LogP contribution in [0.15, 0.2) is 53.6 Å². The number of aryl methyl sites for hydroxylation is 1. The van der Waals surface area contributed by atoms with Crippen LogP contribution in [0.3, 0.4) is 0 Å². The molecule has 4 rings (SSSR count). The molecule has 0 bridgehead atoms. The number of aromatic nitrogens is 4. The molecule has 172 valence electrons. The Labute approximate surface area is 194 Å². The zero-order chi connectivity index (χ0) is 24.3. The van der Waals surface area contributed by atoms with Gasteiger partial charge in [-0.2, -0.15) is 15.3 Å². The van der Waals surface area contributed by atoms with Crippen molar-refractivity contribution in [2.75, 3.05) is 11.3 Å². The maximum Gasteiger partial charge on any atom is 0.263 e. The molecule has 2 aromatic carbocycles. The summed E-state index contributed by atoms with van der Waals surface area (Å²) < 4.78 is 33.8. The number of fused-ring (bicyclic) bond motifs is 1. The Balaban J connectivity index is 1.60. The number of carbonyl (C=O) groups excluding carboxylic acids is 1. The number of rotatable bonds is 8. The van der Waals surface area contributed by atoms with Crippen LogP contribution in [0.2, 0.25) is 0 Å². The summed E-state index contributed by atoms with van der Waals surface area (Å²) in [6.45, 7) is 1.80. The first-order valence-corrected chi connectivity index (χ1v) is 11.5. The lowest BCUT2D eigenvalue weighted by molar-refractivity contribution is -0.118. The molecule has 34 heavy (non-hydrogen) atoms. The van der Waals surface area contributed by atoms with Gasteiger partial charge in [0.1, 0.15) is 16.4 Å². The third kappa shape index (κ3) is 4.79. The first-order valence-electron chi connectivity index (χ1n) is 10.0. The largest absolute Gasteiger partial charge is 0.477 e. The van der Waals surface area contributed by atoms with Gasteiger partial charge in [-0.15, -0.1) is 0 Å². The van der Waals surface area contributed by atoms with E-state index in [1.54, 1.807) is 37.3 Å². The van der Waals surface area contributed by atoms with Crippen molar-refractivity contribution in [3.05, 3.63) is 59.8 Å². The van der Waals surface area contributed by atoms with E-state index in [4.69, 9.17) is 10.5 Å². The standard InChI is InChI=1S/C22H19N7O4S/c1-13-2-3-15(11-23)18(10-13)34(31,32)29-16-6-4-14(5-7-16)20-26-21-17(12-25-28-21)22(27-20)33-9-8-19(24)30/h2-7,10,12,29H,8-9H2,1H3,(H2,24,30)(H,25,26,27,28). The summed E-state index contributed by atoms with van der Waals surface area (Å²) in [7, 11) is -3.98. The molecule has 4 aromatic rings. The second kappa shape index (κ2) is 9.16. The van der Waals surface area contributed by atoms with E-state index in [9.17, 15) is 18.5 Å². The summed E-state index contributed by atoms with van der Waals surface area (Å²) in [6.07, 6.45) is 1.54. The molecule has 1 amide bonds. The lowest BCUT2D eigenvalue weighted by Gasteiger charge is -2.11. The summed E-state index contributed by atoms with van der Waals surface area (Å²) in [4.78, 5) is 19.7. The summed E-state index contributed by atoms with van der Waals surface area (Å²) in [5, 5.41) is 16.5. The highest BCUT2D eigenvalue weighted by molar-refractivity contribution is 7.92. The van der Waals surface area contributed by atoms with Crippen LogP contribution in [0, 0.1) is 18.3 Å². The van der Waals surface area contributed by atoms with Gasteiger partial charge in [0.05, 0.1) is 24.8 Å². The fourth-order valence-corrected chi connectivity index (χ4v) is 4.44. The Morgan fingerprint density at radius 3 is 2.68 bits per heavy atom. The van der Waals surface area contributed by atoms with Crippen molar-refractivity contribution in [1.82, 2.24) is 20.2 Å². The number of H-pyrrole nitrogens is 1. The zero-order valence-corrected chi connectivity index (χ0v) is 18.8. The van der Waals surface area contributed by atoms with E-state index >= 15 is 0 Å². The zero-order valence-electron chi connectivity index (χ0n) is 17.9. The van der Waals surface area contributed by atoms with Crippen LogP contribution in [0.25, 0.3) is 22.4 Å². The number of primary amides is 1. The van der Waals surface area contributed by atoms with Crippen LogP contribution in [0.1, 0.15) is 17.5 Å². The number of benzene rings is 2. The molecule has 0 spiro atoms. The average Bonchev–Trinajstić information content (AvgIpc) is 3.28. The Kier molecular flexibility index (Phi) is 6.11. The molecule has 0 saturated heterocycles. The predicted octanol–water partition coefficient (Wildman–Crippen LogP) is 2.25. The molecular formula is C22H19N7O4S. The second-order valence-corrected chi connectivity index (χ2v) is 8.99. The molecule has 2 heterocycles. The monoisotopic (exact) mass is 477 g/mol. The van der Waals surface area contributed by atoms with Crippen molar-refractivity contribution < 1.29 is 17.9 Å². The molecule has 0 aliphatic carbocycles. The minimum absolute atomic E-state index is 0.0297. The van der Waals surface area contributed by atoms with Crippen molar-refractivity contribution in [2.45, 2.75) is 18.2 Å². The van der Waals surface area contributed by atoms with E-state index in [1.165, 1.54) is 18.3 Å². The van der Waals surface area contributed by atoms with Gasteiger partial charge in [-0.1, -0.05) is 6.07 Å². The molecule has 2 aromatic heterocycles. The Morgan fingerprint density at radius 1 is 1.21 bits per heavy atom. The molecule has 4 N–H and O–H groups in total. The molecular weight excluding hydrogens is 458 g/mol. The van der Waals surface area contributed by atoms with Gasteiger partial charge in [0.15, 0.2) is 11.5 Å². The van der Waals surface area contributed by atoms with Crippen molar-refractivity contribution in [2.24, 2.45) is 5.73 Å². The highest BCUT2D eigenvalue weighted by atomic mass is 32.2. The van der Waals surface area contributed by atoms with Gasteiger partial charge in [-0.25, -0.2) is 13.4 Å². The van der Waals surface area contributed by atoms with E-state index in [0.29, 0.717) is 28.1 Å². The van der Waals surface area contributed by atoms with Crippen molar-refractivity contribution >= 4 is 32.7 Å². The molecule has 0 atom stereocenters. The summed E-state index contributed by atoms with van der Waals surface area (Å²) in [5.41, 5.74) is 7.26. The van der Waals surface area contributed by atoms with Crippen LogP contribution in [-0.4, -0.2) is 41.1 Å². The van der Waals surface area contributed by atoms with Gasteiger partial charge < -0.3 is 10.5 Å². The quantitative estimate of drug-likeness (QED) is 0.346. The molecule has 0 saturated carbocycles. The van der Waals surface area contributed by atoms with Gasteiger partial charge in [0.2, 0.25) is 11.8 Å². The summed E-state index contributed by atoms with van der Waals surface area (Å²) in [6, 6.07) is 12.9. The number of nitrogens with one attached hydrogen (secondary N) is 2. The first-order chi connectivity index (χ1) is 16.3. The predicted molar refractivity (Wildman–Crippen MR) is 123 cm³/mol. The fraction of sp³-hybridized carbons (Fsp3) is 0.136. The molecule has 0 aliphatic heterocycles. The van der Waals surface area contributed by atoms with E-state index in [-0.39, 0.29) is 29.4 Å². The number of carbonyl (C=O) groups is 1. The smallest absolute Gasteiger partial charge is 0.263 e. The highest BCUT2D eigenvalue weighted by Crippen LogP contribution is 2.27. The van der Waals surface area contributed by atoms with Crippen molar-refractivity contribution in [3.63, 3.8) is 0 Å². The third-order valence-electron chi connectivity index (χ3n) is 4.80. The lowest BCUT2D eigenvalue weighted by Crippen LogP contribution is -2.15. The number of hydrogen-bond donors (Lipinski definition) is 3.